The second kappa shape index (κ2) is 10.1. The highest BCUT2D eigenvalue weighted by Crippen LogP contribution is 2.28. The average molecular weight is 419 g/mol. The van der Waals surface area contributed by atoms with Crippen LogP contribution < -0.4 is 14.8 Å². The number of hydrogen-bond acceptors (Lipinski definition) is 5. The second-order valence-corrected chi connectivity index (χ2v) is 7.99. The predicted octanol–water partition coefficient (Wildman–Crippen LogP) is 3.39. The lowest BCUT2D eigenvalue weighted by atomic mass is 10.2. The molecule has 0 aliphatic heterocycles. The Labute approximate surface area is 172 Å². The van der Waals surface area contributed by atoms with Crippen LogP contribution in [0.1, 0.15) is 19.4 Å². The molecule has 0 aliphatic carbocycles. The molecule has 0 atom stereocenters. The van der Waals surface area contributed by atoms with Crippen LogP contribution in [0.3, 0.4) is 0 Å². The Bertz CT molecular complexity index is 965. The van der Waals surface area contributed by atoms with Crippen molar-refractivity contribution < 1.29 is 22.7 Å². The molecule has 1 amide bonds. The molecule has 8 heteroatoms. The maximum atomic E-state index is 12.5. The number of rotatable bonds is 9. The number of ether oxygens (including phenoxy) is 2. The third-order valence-corrected chi connectivity index (χ3v) is 6.36. The van der Waals surface area contributed by atoms with Crippen LogP contribution in [0.2, 0.25) is 0 Å². The Morgan fingerprint density at radius 2 is 1.62 bits per heavy atom. The topological polar surface area (TPSA) is 84.9 Å². The number of carbonyl (C=O) groups is 1. The number of nitrogens with one attached hydrogen (secondary N) is 1. The fraction of sp³-hybridized carbons (Fsp3) is 0.286. The van der Waals surface area contributed by atoms with Crippen LogP contribution in [-0.2, 0) is 14.8 Å². The number of amides is 1. The third kappa shape index (κ3) is 5.58. The van der Waals surface area contributed by atoms with Gasteiger partial charge in [-0.2, -0.15) is 4.31 Å². The van der Waals surface area contributed by atoms with E-state index in [0.29, 0.717) is 30.3 Å². The molecule has 0 spiro atoms. The van der Waals surface area contributed by atoms with E-state index in [9.17, 15) is 13.2 Å². The van der Waals surface area contributed by atoms with Gasteiger partial charge in [0.15, 0.2) is 11.5 Å². The summed E-state index contributed by atoms with van der Waals surface area (Å²) in [6, 6.07) is 11.4. The van der Waals surface area contributed by atoms with Crippen molar-refractivity contribution in [2.75, 3.05) is 32.6 Å². The summed E-state index contributed by atoms with van der Waals surface area (Å²) >= 11 is 0. The van der Waals surface area contributed by atoms with Crippen molar-refractivity contribution in [3.05, 3.63) is 54.1 Å². The maximum Gasteiger partial charge on any atom is 0.248 e. The lowest BCUT2D eigenvalue weighted by Crippen LogP contribution is -2.30. The Hall–Kier alpha value is -2.84. The van der Waals surface area contributed by atoms with E-state index in [0.717, 1.165) is 5.56 Å². The molecular formula is C21H26N2O5S. The zero-order valence-electron chi connectivity index (χ0n) is 17.0. The van der Waals surface area contributed by atoms with Crippen molar-refractivity contribution in [2.45, 2.75) is 18.7 Å². The smallest absolute Gasteiger partial charge is 0.248 e. The van der Waals surface area contributed by atoms with Crippen molar-refractivity contribution in [3.63, 3.8) is 0 Å². The highest BCUT2D eigenvalue weighted by molar-refractivity contribution is 7.89. The lowest BCUT2D eigenvalue weighted by Gasteiger charge is -2.18. The fourth-order valence-corrected chi connectivity index (χ4v) is 4.19. The standard InChI is InChI=1S/C21H26N2O5S/c1-5-23(6-2)29(25,26)18-11-9-17(10-12-18)22-21(24)14-8-16-7-13-19(27-3)20(15-16)28-4/h7-15H,5-6H2,1-4H3,(H,22,24)/b14-8+. The number of hydrogen-bond donors (Lipinski definition) is 1. The van der Waals surface area contributed by atoms with E-state index in [1.54, 1.807) is 64.5 Å². The number of carbonyl (C=O) groups excluding carboxylic acids is 1. The Morgan fingerprint density at radius 3 is 2.17 bits per heavy atom. The molecule has 1 N–H and O–H groups in total. The van der Waals surface area contributed by atoms with Crippen molar-refractivity contribution in [2.24, 2.45) is 0 Å². The zero-order valence-corrected chi connectivity index (χ0v) is 17.8. The van der Waals surface area contributed by atoms with Crippen LogP contribution >= 0.6 is 0 Å². The molecular weight excluding hydrogens is 392 g/mol. The molecule has 29 heavy (non-hydrogen) atoms. The van der Waals surface area contributed by atoms with Gasteiger partial charge >= 0.3 is 0 Å². The van der Waals surface area contributed by atoms with Gasteiger partial charge in [-0.05, 0) is 48.0 Å². The zero-order chi connectivity index (χ0) is 21.4. The van der Waals surface area contributed by atoms with Crippen molar-refractivity contribution in [1.82, 2.24) is 4.31 Å². The summed E-state index contributed by atoms with van der Waals surface area (Å²) in [7, 11) is -0.422. The second-order valence-electron chi connectivity index (χ2n) is 6.05. The summed E-state index contributed by atoms with van der Waals surface area (Å²) in [5.74, 6) is 0.841. The van der Waals surface area contributed by atoms with Gasteiger partial charge in [-0.1, -0.05) is 19.9 Å². The van der Waals surface area contributed by atoms with E-state index in [1.165, 1.54) is 22.5 Å². The first-order valence-electron chi connectivity index (χ1n) is 9.17. The third-order valence-electron chi connectivity index (χ3n) is 4.30. The van der Waals surface area contributed by atoms with Gasteiger partial charge in [0.2, 0.25) is 15.9 Å². The first-order chi connectivity index (χ1) is 13.8. The molecule has 156 valence electrons. The molecule has 0 heterocycles. The minimum atomic E-state index is -3.52. The molecule has 0 radical (unpaired) electrons. The molecule has 0 bridgehead atoms. The first kappa shape index (κ1) is 22.4. The number of methoxy groups -OCH3 is 2. The van der Waals surface area contributed by atoms with Crippen molar-refractivity contribution in [3.8, 4) is 11.5 Å². The Kier molecular flexibility index (Phi) is 7.81. The van der Waals surface area contributed by atoms with Gasteiger partial charge in [-0.15, -0.1) is 0 Å². The highest BCUT2D eigenvalue weighted by Gasteiger charge is 2.21. The highest BCUT2D eigenvalue weighted by atomic mass is 32.2. The van der Waals surface area contributed by atoms with Crippen LogP contribution in [0.25, 0.3) is 6.08 Å². The monoisotopic (exact) mass is 418 g/mol. The number of nitrogens with zero attached hydrogens (tertiary/aromatic N) is 1. The fourth-order valence-electron chi connectivity index (χ4n) is 2.74. The molecule has 0 unspecified atom stereocenters. The molecule has 0 aromatic heterocycles. The quantitative estimate of drug-likeness (QED) is 0.631. The first-order valence-corrected chi connectivity index (χ1v) is 10.6. The summed E-state index contributed by atoms with van der Waals surface area (Å²) in [5.41, 5.74) is 1.28. The average Bonchev–Trinajstić information content (AvgIpc) is 2.73. The van der Waals surface area contributed by atoms with Crippen LogP contribution in [0.5, 0.6) is 11.5 Å². The van der Waals surface area contributed by atoms with Gasteiger partial charge in [-0.25, -0.2) is 8.42 Å². The molecule has 0 saturated heterocycles. The van der Waals surface area contributed by atoms with Crippen molar-refractivity contribution in [1.29, 1.82) is 0 Å². The SMILES string of the molecule is CCN(CC)S(=O)(=O)c1ccc(NC(=O)/C=C/c2ccc(OC)c(OC)c2)cc1. The summed E-state index contributed by atoms with van der Waals surface area (Å²) in [6.45, 7) is 4.39. The molecule has 7 nitrogen and oxygen atoms in total. The Balaban J connectivity index is 2.07. The minimum absolute atomic E-state index is 0.195. The molecule has 2 aromatic carbocycles. The molecule has 2 aromatic rings. The predicted molar refractivity (Wildman–Crippen MR) is 114 cm³/mol. The van der Waals surface area contributed by atoms with Crippen LogP contribution in [-0.4, -0.2) is 45.9 Å². The molecule has 0 aliphatic rings. The minimum Gasteiger partial charge on any atom is -0.493 e. The van der Waals surface area contributed by atoms with Gasteiger partial charge in [0, 0.05) is 24.9 Å². The molecule has 2 rings (SSSR count). The van der Waals surface area contributed by atoms with Gasteiger partial charge in [0.05, 0.1) is 19.1 Å². The van der Waals surface area contributed by atoms with E-state index in [4.69, 9.17) is 9.47 Å². The summed E-state index contributed by atoms with van der Waals surface area (Å²) in [6.07, 6.45) is 3.04. The summed E-state index contributed by atoms with van der Waals surface area (Å²) < 4.78 is 36.8. The number of sulfonamides is 1. The van der Waals surface area contributed by atoms with E-state index < -0.39 is 10.0 Å². The van der Waals surface area contributed by atoms with Crippen LogP contribution in [0, 0.1) is 0 Å². The summed E-state index contributed by atoms with van der Waals surface area (Å²) in [4.78, 5) is 12.4. The molecule has 0 saturated carbocycles. The normalized spacial score (nSPS) is 11.6. The van der Waals surface area contributed by atoms with Gasteiger partial charge in [0.25, 0.3) is 0 Å². The van der Waals surface area contributed by atoms with Gasteiger partial charge in [-0.3, -0.25) is 4.79 Å². The summed E-state index contributed by atoms with van der Waals surface area (Å²) in [5, 5.41) is 2.71. The largest absolute Gasteiger partial charge is 0.493 e. The number of benzene rings is 2. The van der Waals surface area contributed by atoms with E-state index >= 15 is 0 Å². The van der Waals surface area contributed by atoms with E-state index in [2.05, 4.69) is 5.32 Å². The van der Waals surface area contributed by atoms with Crippen LogP contribution in [0.4, 0.5) is 5.69 Å². The Morgan fingerprint density at radius 1 is 1.00 bits per heavy atom. The van der Waals surface area contributed by atoms with Gasteiger partial charge < -0.3 is 14.8 Å². The lowest BCUT2D eigenvalue weighted by molar-refractivity contribution is -0.111. The van der Waals surface area contributed by atoms with Crippen LogP contribution in [0.15, 0.2) is 53.4 Å². The van der Waals surface area contributed by atoms with Crippen molar-refractivity contribution >= 4 is 27.7 Å². The molecule has 0 fully saturated rings. The van der Waals surface area contributed by atoms with E-state index in [-0.39, 0.29) is 10.8 Å². The maximum absolute atomic E-state index is 12.5. The van der Waals surface area contributed by atoms with Gasteiger partial charge in [0.1, 0.15) is 0 Å². The number of anilines is 1. The van der Waals surface area contributed by atoms with E-state index in [1.807, 2.05) is 0 Å².